The number of benzene rings is 4. The van der Waals surface area contributed by atoms with Crippen molar-refractivity contribution < 1.29 is 97.6 Å². The van der Waals surface area contributed by atoms with Gasteiger partial charge in [0.05, 0.1) is 19.5 Å². The lowest BCUT2D eigenvalue weighted by Gasteiger charge is -2.44. The minimum atomic E-state index is -7.18. The van der Waals surface area contributed by atoms with Crippen LogP contribution in [0.25, 0.3) is 0 Å². The van der Waals surface area contributed by atoms with Crippen LogP contribution >= 0.6 is 0 Å². The first kappa shape index (κ1) is 40.7. The van der Waals surface area contributed by atoms with Crippen molar-refractivity contribution in [3.8, 4) is 5.75 Å². The Balaban J connectivity index is 2.38. The summed E-state index contributed by atoms with van der Waals surface area (Å²) in [5, 5.41) is 0. The summed E-state index contributed by atoms with van der Waals surface area (Å²) in [5.41, 5.74) is -14.0. The van der Waals surface area contributed by atoms with E-state index in [0.717, 1.165) is 6.26 Å². The van der Waals surface area contributed by atoms with Crippen molar-refractivity contribution in [1.82, 2.24) is 0 Å². The Labute approximate surface area is 281 Å². The third kappa shape index (κ3) is 6.16. The van der Waals surface area contributed by atoms with Crippen LogP contribution in [-0.4, -0.2) is 32.6 Å². The molecule has 23 heteroatoms. The molecule has 0 saturated carbocycles. The van der Waals surface area contributed by atoms with Crippen LogP contribution in [-0.2, 0) is 9.47 Å². The van der Waals surface area contributed by atoms with E-state index in [2.05, 4.69) is 16.1 Å². The summed E-state index contributed by atoms with van der Waals surface area (Å²) in [6.07, 6.45) is -6.23. The predicted octanol–water partition coefficient (Wildman–Crippen LogP) is 6.26. The fourth-order valence-electron chi connectivity index (χ4n) is 5.50. The molecule has 4 aromatic carbocycles. The normalized spacial score (nSPS) is 11.8. The van der Waals surface area contributed by atoms with Gasteiger partial charge in [-0.3, -0.25) is 0 Å². The molecule has 0 saturated heterocycles. The van der Waals surface area contributed by atoms with Crippen molar-refractivity contribution in [3.05, 3.63) is 123 Å². The zero-order valence-corrected chi connectivity index (χ0v) is 25.1. The Kier molecular flexibility index (Phi) is 11.6. The molecule has 0 heterocycles. The van der Waals surface area contributed by atoms with Gasteiger partial charge in [0.1, 0.15) is 65.9 Å². The van der Waals surface area contributed by atoms with Gasteiger partial charge in [0, 0.05) is 0 Å². The van der Waals surface area contributed by atoms with Crippen molar-refractivity contribution in [2.45, 2.75) is 0 Å². The first-order valence-corrected chi connectivity index (χ1v) is 13.7. The standard InChI is InChI=1S/C30H11BF19O3/c1-2-51-3-4-52-5-6-53-30-28(49)17(38)10(18(39)29(30)50)31(7-11(32)19(40)25(46)20(41)12(7)33,8-13(34)21(42)26(47)22(43)14(8)35)9-15(36)23(44)27(48)24(45)16(9)37/h2H,1,3-6H2/q-1. The summed E-state index contributed by atoms with van der Waals surface area (Å²) in [7, 11) is 0. The fraction of sp³-hybridized carbons (Fsp3) is 0.133. The Hall–Kier alpha value is -5.09. The first-order valence-electron chi connectivity index (χ1n) is 13.7. The number of rotatable bonds is 12. The molecule has 0 radical (unpaired) electrons. The van der Waals surface area contributed by atoms with E-state index in [1.165, 1.54) is 0 Å². The van der Waals surface area contributed by atoms with Gasteiger partial charge in [0.2, 0.25) is 11.6 Å². The highest BCUT2D eigenvalue weighted by Gasteiger charge is 2.52. The summed E-state index contributed by atoms with van der Waals surface area (Å²) >= 11 is 0. The Morgan fingerprint density at radius 1 is 0.340 bits per heavy atom. The molecule has 0 amide bonds. The lowest BCUT2D eigenvalue weighted by atomic mass is 9.12. The van der Waals surface area contributed by atoms with E-state index in [4.69, 9.17) is 4.74 Å². The highest BCUT2D eigenvalue weighted by Crippen LogP contribution is 2.33. The van der Waals surface area contributed by atoms with Gasteiger partial charge in [0.15, 0.2) is 58.1 Å². The molecule has 4 aromatic rings. The van der Waals surface area contributed by atoms with E-state index in [1.54, 1.807) is 0 Å². The smallest absolute Gasteiger partial charge is 0.200 e. The maximum atomic E-state index is 16.2. The molecule has 3 nitrogen and oxygen atoms in total. The van der Waals surface area contributed by atoms with Gasteiger partial charge in [-0.15, -0.1) is 21.9 Å². The molecule has 0 N–H and O–H groups in total. The SMILES string of the molecule is C=COCCOCCOc1c(F)c(F)c([B-](c2c(F)c(F)c(F)c(F)c2F)(c2c(F)c(F)c(F)c(F)c2F)c2c(F)c(F)c(F)c(F)c2F)c(F)c1F. The zero-order chi connectivity index (χ0) is 40.0. The second kappa shape index (κ2) is 15.1. The van der Waals surface area contributed by atoms with Gasteiger partial charge in [-0.05, 0) is 0 Å². The average molecular weight is 791 g/mol. The van der Waals surface area contributed by atoms with Gasteiger partial charge in [0.25, 0.3) is 0 Å². The Morgan fingerprint density at radius 3 is 0.868 bits per heavy atom. The third-order valence-electron chi connectivity index (χ3n) is 7.66. The largest absolute Gasteiger partial charge is 0.499 e. The molecule has 0 fully saturated rings. The van der Waals surface area contributed by atoms with Gasteiger partial charge in [-0.2, -0.15) is 8.78 Å². The average Bonchev–Trinajstić information content (AvgIpc) is 3.13. The summed E-state index contributed by atoms with van der Waals surface area (Å²) in [6.45, 7) is 0.817. The number of halogens is 19. The van der Waals surface area contributed by atoms with Gasteiger partial charge >= 0.3 is 0 Å². The van der Waals surface area contributed by atoms with E-state index in [-0.39, 0.29) is 13.2 Å². The van der Waals surface area contributed by atoms with E-state index < -0.39 is 157 Å². The maximum Gasteiger partial charge on any atom is 0.200 e. The minimum absolute atomic E-state index is 0.193. The van der Waals surface area contributed by atoms with Crippen LogP contribution < -0.4 is 26.6 Å². The molecule has 0 spiro atoms. The topological polar surface area (TPSA) is 27.7 Å². The first-order chi connectivity index (χ1) is 24.7. The molecule has 0 aromatic heterocycles. The predicted molar refractivity (Wildman–Crippen MR) is 142 cm³/mol. The molecule has 53 heavy (non-hydrogen) atoms. The number of hydrogen-bond donors (Lipinski definition) is 0. The quantitative estimate of drug-likeness (QED) is 0.0424. The molecular formula is C30H11BF19O3-. The molecular weight excluding hydrogens is 780 g/mol. The van der Waals surface area contributed by atoms with Crippen molar-refractivity contribution in [1.29, 1.82) is 0 Å². The van der Waals surface area contributed by atoms with Crippen molar-refractivity contribution >= 4 is 28.0 Å². The second-order valence-electron chi connectivity index (χ2n) is 10.3. The molecule has 0 aliphatic carbocycles. The molecule has 0 aliphatic rings. The van der Waals surface area contributed by atoms with E-state index in [1.807, 2.05) is 0 Å². The monoisotopic (exact) mass is 791 g/mol. The lowest BCUT2D eigenvalue weighted by molar-refractivity contribution is 0.0633. The highest BCUT2D eigenvalue weighted by atomic mass is 19.2. The van der Waals surface area contributed by atoms with Crippen LogP contribution in [0.2, 0.25) is 0 Å². The van der Waals surface area contributed by atoms with Crippen LogP contribution in [0.5, 0.6) is 5.75 Å². The van der Waals surface area contributed by atoms with Crippen LogP contribution in [0.4, 0.5) is 83.4 Å². The maximum absolute atomic E-state index is 16.2. The van der Waals surface area contributed by atoms with E-state index in [9.17, 15) is 39.5 Å². The summed E-state index contributed by atoms with van der Waals surface area (Å²) in [5.74, 6) is -68.5. The summed E-state index contributed by atoms with van der Waals surface area (Å²) in [4.78, 5) is 0. The van der Waals surface area contributed by atoms with Gasteiger partial charge < -0.3 is 14.2 Å². The van der Waals surface area contributed by atoms with E-state index in [0.29, 0.717) is 0 Å². The molecule has 4 rings (SSSR count). The van der Waals surface area contributed by atoms with Crippen molar-refractivity contribution in [3.63, 3.8) is 0 Å². The Bertz CT molecular complexity index is 1880. The molecule has 0 bridgehead atoms. The van der Waals surface area contributed by atoms with Crippen LogP contribution in [0, 0.1) is 111 Å². The van der Waals surface area contributed by atoms with E-state index >= 15 is 43.9 Å². The van der Waals surface area contributed by atoms with Crippen LogP contribution in [0.15, 0.2) is 12.8 Å². The zero-order valence-electron chi connectivity index (χ0n) is 25.1. The second-order valence-corrected chi connectivity index (χ2v) is 10.3. The molecule has 0 unspecified atom stereocenters. The lowest BCUT2D eigenvalue weighted by Crippen LogP contribution is -2.81. The van der Waals surface area contributed by atoms with Gasteiger partial charge in [-0.25, -0.2) is 74.6 Å². The van der Waals surface area contributed by atoms with Crippen molar-refractivity contribution in [2.75, 3.05) is 26.4 Å². The number of hydrogen-bond acceptors (Lipinski definition) is 3. The minimum Gasteiger partial charge on any atom is -0.499 e. The molecule has 286 valence electrons. The molecule has 0 aliphatic heterocycles. The Morgan fingerprint density at radius 2 is 0.585 bits per heavy atom. The fourth-order valence-corrected chi connectivity index (χ4v) is 5.50. The van der Waals surface area contributed by atoms with Crippen LogP contribution in [0.3, 0.4) is 0 Å². The highest BCUT2D eigenvalue weighted by molar-refractivity contribution is 7.20. The summed E-state index contributed by atoms with van der Waals surface area (Å²) in [6, 6.07) is 0. The third-order valence-corrected chi connectivity index (χ3v) is 7.66. The van der Waals surface area contributed by atoms with Crippen molar-refractivity contribution in [2.24, 2.45) is 0 Å². The molecule has 0 atom stereocenters. The van der Waals surface area contributed by atoms with Gasteiger partial charge in [-0.1, -0.05) is 6.58 Å². The number of ether oxygens (including phenoxy) is 3. The van der Waals surface area contributed by atoms with Crippen LogP contribution in [0.1, 0.15) is 0 Å². The summed E-state index contributed by atoms with van der Waals surface area (Å²) < 4.78 is 302.